The van der Waals surface area contributed by atoms with E-state index < -0.39 is 11.9 Å². The number of halogens is 3. The molecule has 0 spiro atoms. The van der Waals surface area contributed by atoms with E-state index in [9.17, 15) is 18.0 Å². The van der Waals surface area contributed by atoms with Crippen LogP contribution in [0.2, 0.25) is 0 Å². The molecule has 2 aromatic carbocycles. The molecule has 0 N–H and O–H groups in total. The first kappa shape index (κ1) is 24.1. The van der Waals surface area contributed by atoms with Gasteiger partial charge in [0.2, 0.25) is 0 Å². The molecule has 0 fully saturated rings. The Labute approximate surface area is 191 Å². The maximum Gasteiger partial charge on any atom is 0.573 e. The largest absolute Gasteiger partial charge is 0.573 e. The minimum Gasteiger partial charge on any atom is -0.462 e. The Morgan fingerprint density at radius 3 is 2.59 bits per heavy atom. The van der Waals surface area contributed by atoms with Crippen molar-refractivity contribution in [2.75, 3.05) is 6.61 Å². The minimum absolute atomic E-state index is 0.0161. The second-order valence-corrected chi connectivity index (χ2v) is 6.76. The van der Waals surface area contributed by atoms with Crippen molar-refractivity contribution in [3.8, 4) is 22.9 Å². The normalized spacial score (nSPS) is 12.3. The maximum absolute atomic E-state index is 12.9. The van der Waals surface area contributed by atoms with Gasteiger partial charge < -0.3 is 9.47 Å². The highest BCUT2D eigenvalue weighted by Gasteiger charge is 2.30. The van der Waals surface area contributed by atoms with Crippen molar-refractivity contribution in [2.24, 2.45) is 9.98 Å². The van der Waals surface area contributed by atoms with E-state index in [4.69, 9.17) is 10.00 Å². The Morgan fingerprint density at radius 1 is 1.24 bits per heavy atom. The molecule has 1 aromatic heterocycles. The van der Waals surface area contributed by atoms with Crippen molar-refractivity contribution in [2.45, 2.75) is 19.8 Å². The Kier molecular flexibility index (Phi) is 7.37. The van der Waals surface area contributed by atoms with Crippen molar-refractivity contribution in [1.82, 2.24) is 15.0 Å². The van der Waals surface area contributed by atoms with Gasteiger partial charge in [0.1, 0.15) is 17.9 Å². The quantitative estimate of drug-likeness (QED) is 0.307. The molecule has 0 unspecified atom stereocenters. The van der Waals surface area contributed by atoms with Crippen LogP contribution in [-0.4, -0.2) is 40.7 Å². The fourth-order valence-electron chi connectivity index (χ4n) is 2.78. The summed E-state index contributed by atoms with van der Waals surface area (Å²) in [5.74, 6) is -0.347. The monoisotopic (exact) mass is 470 g/mol. The minimum atomic E-state index is -4.78. The summed E-state index contributed by atoms with van der Waals surface area (Å²) in [5.41, 5.74) is 1.46. The number of fused-ring (bicyclic) bond motifs is 1. The highest BCUT2D eigenvalue weighted by atomic mass is 19.4. The summed E-state index contributed by atoms with van der Waals surface area (Å²) in [7, 11) is 0. The molecule has 174 valence electrons. The second-order valence-electron chi connectivity index (χ2n) is 6.76. The lowest BCUT2D eigenvalue weighted by molar-refractivity contribution is -0.274. The van der Waals surface area contributed by atoms with Crippen molar-refractivity contribution in [3.05, 3.63) is 64.6 Å². The summed E-state index contributed by atoms with van der Waals surface area (Å²) < 4.78 is 47.4. The predicted octanol–water partition coefficient (Wildman–Crippen LogP) is 3.86. The van der Waals surface area contributed by atoms with Crippen molar-refractivity contribution < 1.29 is 22.6 Å². The summed E-state index contributed by atoms with van der Waals surface area (Å²) in [4.78, 5) is 20.3. The molecule has 1 heterocycles. The standard InChI is InChI=1S/C22H17F3N6O3/c1-14(12-26)13-28-21(27-2)33-10-9-31-20(32)18-11-16(5-8-19(18)29-30-31)15-3-6-17(7-4-15)34-22(23,24)25/h3-8,11,13H,2,9-10H2,1H3/b14-13+,28-21?. The van der Waals surface area contributed by atoms with Gasteiger partial charge in [0, 0.05) is 11.8 Å². The zero-order valence-corrected chi connectivity index (χ0v) is 17.8. The number of nitriles is 1. The van der Waals surface area contributed by atoms with E-state index in [2.05, 4.69) is 31.8 Å². The molecule has 0 aliphatic carbocycles. The van der Waals surface area contributed by atoms with Crippen molar-refractivity contribution >= 4 is 23.6 Å². The lowest BCUT2D eigenvalue weighted by Gasteiger charge is -2.10. The lowest BCUT2D eigenvalue weighted by atomic mass is 10.0. The summed E-state index contributed by atoms with van der Waals surface area (Å²) in [6.07, 6.45) is -3.51. The first-order valence-electron chi connectivity index (χ1n) is 9.68. The van der Waals surface area contributed by atoms with Crippen LogP contribution in [-0.2, 0) is 11.3 Å². The number of hydrogen-bond acceptors (Lipinski definition) is 7. The van der Waals surface area contributed by atoms with Gasteiger partial charge >= 0.3 is 12.4 Å². The molecule has 9 nitrogen and oxygen atoms in total. The zero-order chi connectivity index (χ0) is 24.7. The van der Waals surface area contributed by atoms with E-state index in [1.54, 1.807) is 25.1 Å². The number of aromatic nitrogens is 3. The molecule has 0 radical (unpaired) electrons. The number of hydrogen-bond donors (Lipinski definition) is 0. The van der Waals surface area contributed by atoms with Gasteiger partial charge in [0.25, 0.3) is 5.56 Å². The molecule has 0 aliphatic heterocycles. The van der Waals surface area contributed by atoms with Gasteiger partial charge in [-0.05, 0) is 49.0 Å². The summed E-state index contributed by atoms with van der Waals surface area (Å²) >= 11 is 0. The molecule has 0 saturated carbocycles. The maximum atomic E-state index is 12.9. The molecule has 3 aromatic rings. The molecule has 0 atom stereocenters. The van der Waals surface area contributed by atoms with Gasteiger partial charge in [-0.1, -0.05) is 23.4 Å². The van der Waals surface area contributed by atoms with Gasteiger partial charge in [-0.3, -0.25) is 4.79 Å². The smallest absolute Gasteiger partial charge is 0.462 e. The Morgan fingerprint density at radius 2 is 1.94 bits per heavy atom. The highest BCUT2D eigenvalue weighted by molar-refractivity contribution is 5.83. The summed E-state index contributed by atoms with van der Waals surface area (Å²) in [6, 6.07) is 12.0. The van der Waals surface area contributed by atoms with E-state index in [1.807, 2.05) is 6.07 Å². The molecule has 34 heavy (non-hydrogen) atoms. The van der Waals surface area contributed by atoms with E-state index in [0.717, 1.165) is 4.68 Å². The predicted molar refractivity (Wildman–Crippen MR) is 118 cm³/mol. The SMILES string of the molecule is C=NC(=N/C=C(\C)C#N)OCCn1nnc2ccc(-c3ccc(OC(F)(F)F)cc3)cc2c1=O. The first-order valence-corrected chi connectivity index (χ1v) is 9.68. The van der Waals surface area contributed by atoms with Gasteiger partial charge in [-0.25, -0.2) is 14.7 Å². The van der Waals surface area contributed by atoms with Crippen LogP contribution in [0.1, 0.15) is 6.92 Å². The van der Waals surface area contributed by atoms with Crippen LogP contribution in [0.15, 0.2) is 69.0 Å². The summed E-state index contributed by atoms with van der Waals surface area (Å²) in [6.45, 7) is 4.91. The van der Waals surface area contributed by atoms with Crippen LogP contribution in [0, 0.1) is 11.3 Å². The number of ether oxygens (including phenoxy) is 2. The molecule has 0 aliphatic rings. The molecule has 0 amide bonds. The highest BCUT2D eigenvalue weighted by Crippen LogP contribution is 2.27. The van der Waals surface area contributed by atoms with Gasteiger partial charge in [0.15, 0.2) is 0 Å². The van der Waals surface area contributed by atoms with E-state index in [1.165, 1.54) is 30.5 Å². The Hall–Kier alpha value is -4.53. The fourth-order valence-corrected chi connectivity index (χ4v) is 2.78. The van der Waals surface area contributed by atoms with Crippen LogP contribution >= 0.6 is 0 Å². The molecule has 12 heteroatoms. The number of allylic oxidation sites excluding steroid dienone is 1. The van der Waals surface area contributed by atoms with Gasteiger partial charge in [0.05, 0.1) is 18.0 Å². The van der Waals surface area contributed by atoms with Crippen LogP contribution in [0.3, 0.4) is 0 Å². The third-order valence-electron chi connectivity index (χ3n) is 4.36. The van der Waals surface area contributed by atoms with Crippen LogP contribution in [0.4, 0.5) is 13.2 Å². The van der Waals surface area contributed by atoms with Crippen molar-refractivity contribution in [1.29, 1.82) is 5.26 Å². The number of amidine groups is 1. The molecule has 0 bridgehead atoms. The average Bonchev–Trinajstić information content (AvgIpc) is 2.81. The topological polar surface area (TPSA) is 115 Å². The van der Waals surface area contributed by atoms with E-state index >= 15 is 0 Å². The van der Waals surface area contributed by atoms with Crippen LogP contribution in [0.5, 0.6) is 5.75 Å². The molecular formula is C22H17F3N6O3. The third-order valence-corrected chi connectivity index (χ3v) is 4.36. The number of aliphatic imine (C=N–C) groups is 2. The first-order chi connectivity index (χ1) is 16.2. The number of alkyl halides is 3. The number of benzene rings is 2. The van der Waals surface area contributed by atoms with E-state index in [0.29, 0.717) is 22.2 Å². The summed E-state index contributed by atoms with van der Waals surface area (Å²) in [5, 5.41) is 16.9. The fraction of sp³-hybridized carbons (Fsp3) is 0.182. The Balaban J connectivity index is 1.79. The Bertz CT molecular complexity index is 1360. The van der Waals surface area contributed by atoms with E-state index in [-0.39, 0.29) is 30.3 Å². The van der Waals surface area contributed by atoms with Crippen LogP contribution < -0.4 is 10.3 Å². The van der Waals surface area contributed by atoms with Crippen LogP contribution in [0.25, 0.3) is 22.0 Å². The number of rotatable bonds is 6. The average molecular weight is 470 g/mol. The van der Waals surface area contributed by atoms with Gasteiger partial charge in [-0.15, -0.1) is 18.3 Å². The lowest BCUT2D eigenvalue weighted by Crippen LogP contribution is -2.26. The molecular weight excluding hydrogens is 453 g/mol. The zero-order valence-electron chi connectivity index (χ0n) is 17.8. The molecule has 0 saturated heterocycles. The number of nitrogens with zero attached hydrogens (tertiary/aromatic N) is 6. The van der Waals surface area contributed by atoms with Gasteiger partial charge in [-0.2, -0.15) is 5.26 Å². The third kappa shape index (κ3) is 6.26. The second kappa shape index (κ2) is 10.4. The van der Waals surface area contributed by atoms with Crippen molar-refractivity contribution in [3.63, 3.8) is 0 Å². The molecule has 3 rings (SSSR count).